The topological polar surface area (TPSA) is 22.0 Å². The van der Waals surface area contributed by atoms with Crippen molar-refractivity contribution in [3.8, 4) is 0 Å². The molecule has 2 nitrogen and oxygen atoms in total. The van der Waals surface area contributed by atoms with E-state index in [4.69, 9.17) is 0 Å². The Balaban J connectivity index is 2.40. The lowest BCUT2D eigenvalue weighted by molar-refractivity contribution is -0.138. The molecule has 1 heterocycles. The summed E-state index contributed by atoms with van der Waals surface area (Å²) < 4.78 is 52.0. The lowest BCUT2D eigenvalue weighted by atomic mass is 10.2. The largest absolute Gasteiger partial charge is 0.417 e. The van der Waals surface area contributed by atoms with Crippen LogP contribution in [0.4, 0.5) is 17.6 Å². The molecule has 1 aromatic carbocycles. The van der Waals surface area contributed by atoms with Gasteiger partial charge in [-0.3, -0.25) is 4.79 Å². The van der Waals surface area contributed by atoms with E-state index in [-0.39, 0.29) is 6.54 Å². The van der Waals surface area contributed by atoms with E-state index in [1.807, 2.05) is 0 Å². The molecule has 0 aliphatic carbocycles. The first-order valence-electron chi connectivity index (χ1n) is 5.49. The SMILES string of the molecule is O=c1ccc(C(F)(F)F)cn1Cc1ccc(F)cc1Br. The van der Waals surface area contributed by atoms with Crippen LogP contribution in [0.15, 0.2) is 45.8 Å². The van der Waals surface area contributed by atoms with Gasteiger partial charge in [0, 0.05) is 16.7 Å². The average molecular weight is 350 g/mol. The predicted octanol–water partition coefficient (Wildman–Crippen LogP) is 3.82. The van der Waals surface area contributed by atoms with Crippen LogP contribution in [-0.4, -0.2) is 4.57 Å². The van der Waals surface area contributed by atoms with Crippen LogP contribution in [0.5, 0.6) is 0 Å². The second-order valence-electron chi connectivity index (χ2n) is 4.12. The molecule has 106 valence electrons. The van der Waals surface area contributed by atoms with Crippen molar-refractivity contribution in [1.29, 1.82) is 0 Å². The van der Waals surface area contributed by atoms with Crippen molar-refractivity contribution in [2.75, 3.05) is 0 Å². The smallest absolute Gasteiger partial charge is 0.310 e. The second-order valence-corrected chi connectivity index (χ2v) is 4.97. The molecule has 2 aromatic rings. The summed E-state index contributed by atoms with van der Waals surface area (Å²) in [7, 11) is 0. The third kappa shape index (κ3) is 3.27. The molecule has 0 N–H and O–H groups in total. The molecule has 0 saturated heterocycles. The summed E-state index contributed by atoms with van der Waals surface area (Å²) in [6, 6.07) is 5.37. The van der Waals surface area contributed by atoms with E-state index in [0.29, 0.717) is 10.0 Å². The standard InChI is InChI=1S/C13H8BrF4NO/c14-11-5-10(15)3-1-8(11)6-19-7-9(13(16,17)18)2-4-12(19)20/h1-5,7H,6H2. The summed E-state index contributed by atoms with van der Waals surface area (Å²) in [4.78, 5) is 11.6. The Bertz CT molecular complexity index is 694. The van der Waals surface area contributed by atoms with Crippen LogP contribution < -0.4 is 5.56 Å². The lowest BCUT2D eigenvalue weighted by Crippen LogP contribution is -2.22. The second kappa shape index (κ2) is 5.40. The minimum atomic E-state index is -4.52. The van der Waals surface area contributed by atoms with Gasteiger partial charge in [0.05, 0.1) is 12.1 Å². The Hall–Kier alpha value is -1.63. The molecule has 0 amide bonds. The van der Waals surface area contributed by atoms with Crippen molar-refractivity contribution in [2.45, 2.75) is 12.7 Å². The molecule has 1 aromatic heterocycles. The maximum Gasteiger partial charge on any atom is 0.417 e. The minimum absolute atomic E-state index is 0.0797. The molecular weight excluding hydrogens is 342 g/mol. The molecule has 0 aliphatic heterocycles. The van der Waals surface area contributed by atoms with E-state index in [2.05, 4.69) is 15.9 Å². The van der Waals surface area contributed by atoms with Crippen LogP contribution in [0.1, 0.15) is 11.1 Å². The molecule has 0 aliphatic rings. The minimum Gasteiger partial charge on any atom is -0.310 e. The molecule has 0 spiro atoms. The predicted molar refractivity (Wildman–Crippen MR) is 68.9 cm³/mol. The monoisotopic (exact) mass is 349 g/mol. The van der Waals surface area contributed by atoms with E-state index in [9.17, 15) is 22.4 Å². The Kier molecular flexibility index (Phi) is 3.99. The first-order chi connectivity index (χ1) is 9.27. The quantitative estimate of drug-likeness (QED) is 0.755. The zero-order valence-corrected chi connectivity index (χ0v) is 11.5. The van der Waals surface area contributed by atoms with Gasteiger partial charge in [0.1, 0.15) is 5.82 Å². The molecule has 2 rings (SSSR count). The molecule has 0 radical (unpaired) electrons. The molecule has 0 fully saturated rings. The fourth-order valence-corrected chi connectivity index (χ4v) is 2.13. The van der Waals surface area contributed by atoms with Crippen LogP contribution >= 0.6 is 15.9 Å². The number of hydrogen-bond donors (Lipinski definition) is 0. The fourth-order valence-electron chi connectivity index (χ4n) is 1.66. The van der Waals surface area contributed by atoms with Crippen LogP contribution in [0.3, 0.4) is 0 Å². The number of alkyl halides is 3. The Morgan fingerprint density at radius 2 is 1.85 bits per heavy atom. The number of nitrogens with zero attached hydrogens (tertiary/aromatic N) is 1. The zero-order valence-electron chi connectivity index (χ0n) is 9.92. The number of aromatic nitrogens is 1. The lowest BCUT2D eigenvalue weighted by Gasteiger charge is -2.11. The summed E-state index contributed by atoms with van der Waals surface area (Å²) in [6.07, 6.45) is -3.77. The van der Waals surface area contributed by atoms with Crippen molar-refractivity contribution in [1.82, 2.24) is 4.57 Å². The number of rotatable bonds is 2. The number of hydrogen-bond acceptors (Lipinski definition) is 1. The summed E-state index contributed by atoms with van der Waals surface area (Å²) in [6.45, 7) is -0.0797. The number of benzene rings is 1. The van der Waals surface area contributed by atoms with Crippen molar-refractivity contribution in [2.24, 2.45) is 0 Å². The number of halogens is 5. The van der Waals surface area contributed by atoms with E-state index >= 15 is 0 Å². The summed E-state index contributed by atoms with van der Waals surface area (Å²) >= 11 is 3.11. The van der Waals surface area contributed by atoms with Crippen LogP contribution in [0.2, 0.25) is 0 Å². The van der Waals surface area contributed by atoms with Gasteiger partial charge in [0.25, 0.3) is 5.56 Å². The zero-order chi connectivity index (χ0) is 14.9. The molecule has 0 bridgehead atoms. The van der Waals surface area contributed by atoms with Gasteiger partial charge in [0.15, 0.2) is 0 Å². The highest BCUT2D eigenvalue weighted by atomic mass is 79.9. The third-order valence-electron chi connectivity index (χ3n) is 2.67. The van der Waals surface area contributed by atoms with Crippen molar-refractivity contribution in [3.63, 3.8) is 0 Å². The van der Waals surface area contributed by atoms with E-state index in [1.165, 1.54) is 18.2 Å². The van der Waals surface area contributed by atoms with Gasteiger partial charge in [0.2, 0.25) is 0 Å². The van der Waals surface area contributed by atoms with Crippen molar-refractivity contribution < 1.29 is 17.6 Å². The summed E-state index contributed by atoms with van der Waals surface area (Å²) in [5.41, 5.74) is -0.961. The first-order valence-corrected chi connectivity index (χ1v) is 6.28. The molecule has 0 saturated carbocycles. The van der Waals surface area contributed by atoms with Gasteiger partial charge in [-0.05, 0) is 23.8 Å². The van der Waals surface area contributed by atoms with Gasteiger partial charge in [-0.15, -0.1) is 0 Å². The van der Waals surface area contributed by atoms with Gasteiger partial charge >= 0.3 is 6.18 Å². The molecule has 0 unspecified atom stereocenters. The Morgan fingerprint density at radius 1 is 1.15 bits per heavy atom. The summed E-state index contributed by atoms with van der Waals surface area (Å²) in [5.74, 6) is -0.475. The summed E-state index contributed by atoms with van der Waals surface area (Å²) in [5, 5.41) is 0. The van der Waals surface area contributed by atoms with Crippen LogP contribution in [0, 0.1) is 5.82 Å². The van der Waals surface area contributed by atoms with Gasteiger partial charge in [-0.1, -0.05) is 22.0 Å². The average Bonchev–Trinajstić information content (AvgIpc) is 2.33. The van der Waals surface area contributed by atoms with E-state index in [0.717, 1.165) is 22.9 Å². The van der Waals surface area contributed by atoms with Crippen molar-refractivity contribution >= 4 is 15.9 Å². The molecule has 0 atom stereocenters. The Morgan fingerprint density at radius 3 is 2.45 bits per heavy atom. The molecule has 7 heteroatoms. The first kappa shape index (κ1) is 14.8. The fraction of sp³-hybridized carbons (Fsp3) is 0.154. The molecule has 20 heavy (non-hydrogen) atoms. The van der Waals surface area contributed by atoms with Gasteiger partial charge < -0.3 is 4.57 Å². The maximum atomic E-state index is 12.9. The van der Waals surface area contributed by atoms with Gasteiger partial charge in [-0.2, -0.15) is 13.2 Å². The Labute approximate surface area is 119 Å². The van der Waals surface area contributed by atoms with Crippen LogP contribution in [-0.2, 0) is 12.7 Å². The maximum absolute atomic E-state index is 12.9. The van der Waals surface area contributed by atoms with Crippen LogP contribution in [0.25, 0.3) is 0 Å². The highest BCUT2D eigenvalue weighted by Crippen LogP contribution is 2.28. The molecular formula is C13H8BrF4NO. The van der Waals surface area contributed by atoms with E-state index < -0.39 is 23.1 Å². The highest BCUT2D eigenvalue weighted by Gasteiger charge is 2.31. The van der Waals surface area contributed by atoms with Crippen molar-refractivity contribution in [3.05, 3.63) is 68.3 Å². The number of pyridine rings is 1. The highest BCUT2D eigenvalue weighted by molar-refractivity contribution is 9.10. The van der Waals surface area contributed by atoms with Gasteiger partial charge in [-0.25, -0.2) is 4.39 Å². The normalized spacial score (nSPS) is 11.7. The van der Waals surface area contributed by atoms with E-state index in [1.54, 1.807) is 0 Å². The third-order valence-corrected chi connectivity index (χ3v) is 3.40.